The van der Waals surface area contributed by atoms with Crippen molar-refractivity contribution < 1.29 is 23.5 Å². The van der Waals surface area contributed by atoms with Crippen LogP contribution in [0, 0.1) is 5.82 Å². The molecule has 8 heteroatoms. The van der Waals surface area contributed by atoms with Crippen molar-refractivity contribution in [2.45, 2.75) is 19.9 Å². The highest BCUT2D eigenvalue weighted by molar-refractivity contribution is 5.78. The topological polar surface area (TPSA) is 79.9 Å². The van der Waals surface area contributed by atoms with Crippen molar-refractivity contribution in [3.8, 4) is 5.75 Å². The molecule has 3 amide bonds. The minimum Gasteiger partial charge on any atom is -0.483 e. The molecule has 7 nitrogen and oxygen atoms in total. The van der Waals surface area contributed by atoms with E-state index in [2.05, 4.69) is 10.6 Å². The number of ether oxygens (including phenoxy) is 2. The SMILES string of the molecule is CCOCCCNC(=O)NCCN1Cc2cc(F)ccc2OCC1=O. The largest absolute Gasteiger partial charge is 0.483 e. The smallest absolute Gasteiger partial charge is 0.314 e. The summed E-state index contributed by atoms with van der Waals surface area (Å²) in [5.74, 6) is -0.0611. The normalized spacial score (nSPS) is 13.7. The van der Waals surface area contributed by atoms with Crippen LogP contribution in [0.2, 0.25) is 0 Å². The van der Waals surface area contributed by atoms with Gasteiger partial charge in [0.15, 0.2) is 6.61 Å². The molecule has 2 N–H and O–H groups in total. The van der Waals surface area contributed by atoms with E-state index in [-0.39, 0.29) is 30.9 Å². The van der Waals surface area contributed by atoms with Crippen LogP contribution in [0.3, 0.4) is 0 Å². The fourth-order valence-electron chi connectivity index (χ4n) is 2.43. The van der Waals surface area contributed by atoms with Crippen LogP contribution >= 0.6 is 0 Å². The second-order valence-electron chi connectivity index (χ2n) is 5.59. The number of nitrogens with zero attached hydrogens (tertiary/aromatic N) is 1. The number of carbonyl (C=O) groups excluding carboxylic acids is 2. The number of hydrogen-bond donors (Lipinski definition) is 2. The molecule has 0 unspecified atom stereocenters. The number of carbonyl (C=O) groups is 2. The van der Waals surface area contributed by atoms with Crippen LogP contribution in [-0.4, -0.2) is 56.3 Å². The number of nitrogens with one attached hydrogen (secondary N) is 2. The molecule has 0 bridgehead atoms. The first-order valence-electron chi connectivity index (χ1n) is 8.38. The van der Waals surface area contributed by atoms with Gasteiger partial charge >= 0.3 is 6.03 Å². The maximum atomic E-state index is 13.4. The van der Waals surface area contributed by atoms with Gasteiger partial charge in [-0.2, -0.15) is 0 Å². The van der Waals surface area contributed by atoms with Crippen molar-refractivity contribution in [3.05, 3.63) is 29.6 Å². The molecule has 25 heavy (non-hydrogen) atoms. The lowest BCUT2D eigenvalue weighted by Gasteiger charge is -2.20. The molecule has 0 fully saturated rings. The van der Waals surface area contributed by atoms with E-state index < -0.39 is 0 Å². The molecule has 0 aromatic heterocycles. The monoisotopic (exact) mass is 353 g/mol. The van der Waals surface area contributed by atoms with E-state index in [1.807, 2.05) is 6.92 Å². The second-order valence-corrected chi connectivity index (χ2v) is 5.59. The summed E-state index contributed by atoms with van der Waals surface area (Å²) in [6.07, 6.45) is 0.742. The molecule has 138 valence electrons. The molecule has 0 saturated carbocycles. The maximum Gasteiger partial charge on any atom is 0.314 e. The molecule has 0 spiro atoms. The van der Waals surface area contributed by atoms with Crippen LogP contribution in [0.25, 0.3) is 0 Å². The third-order valence-corrected chi connectivity index (χ3v) is 3.71. The highest BCUT2D eigenvalue weighted by atomic mass is 19.1. The van der Waals surface area contributed by atoms with Gasteiger partial charge in [-0.3, -0.25) is 4.79 Å². The molecular weight excluding hydrogens is 329 g/mol. The Balaban J connectivity index is 1.74. The Kier molecular flexibility index (Phi) is 7.46. The second kappa shape index (κ2) is 9.83. The number of rotatable bonds is 8. The van der Waals surface area contributed by atoms with E-state index in [9.17, 15) is 14.0 Å². The first-order valence-corrected chi connectivity index (χ1v) is 8.38. The van der Waals surface area contributed by atoms with Crippen LogP contribution < -0.4 is 15.4 Å². The number of hydrogen-bond acceptors (Lipinski definition) is 4. The van der Waals surface area contributed by atoms with E-state index in [1.165, 1.54) is 18.2 Å². The fourth-order valence-corrected chi connectivity index (χ4v) is 2.43. The predicted octanol–water partition coefficient (Wildman–Crippen LogP) is 1.27. The number of amides is 3. The number of urea groups is 1. The van der Waals surface area contributed by atoms with Gasteiger partial charge in [0.1, 0.15) is 11.6 Å². The van der Waals surface area contributed by atoms with Crippen molar-refractivity contribution in [1.29, 1.82) is 0 Å². The zero-order valence-electron chi connectivity index (χ0n) is 14.3. The third kappa shape index (κ3) is 6.22. The fraction of sp³-hybridized carbons (Fsp3) is 0.529. The first-order chi connectivity index (χ1) is 12.1. The summed E-state index contributed by atoms with van der Waals surface area (Å²) < 4.78 is 23.9. The van der Waals surface area contributed by atoms with Gasteiger partial charge in [0.2, 0.25) is 0 Å². The Morgan fingerprint density at radius 2 is 2.16 bits per heavy atom. The summed E-state index contributed by atoms with van der Waals surface area (Å²) in [5.41, 5.74) is 0.617. The maximum absolute atomic E-state index is 13.4. The van der Waals surface area contributed by atoms with E-state index in [0.717, 1.165) is 6.42 Å². The summed E-state index contributed by atoms with van der Waals surface area (Å²) in [4.78, 5) is 25.3. The van der Waals surface area contributed by atoms with Crippen LogP contribution in [-0.2, 0) is 16.1 Å². The molecular formula is C17H24FN3O4. The molecule has 0 radical (unpaired) electrons. The van der Waals surface area contributed by atoms with Gasteiger partial charge in [-0.05, 0) is 31.5 Å². The van der Waals surface area contributed by atoms with Crippen LogP contribution in [0.15, 0.2) is 18.2 Å². The summed E-state index contributed by atoms with van der Waals surface area (Å²) in [7, 11) is 0. The number of benzene rings is 1. The zero-order chi connectivity index (χ0) is 18.1. The highest BCUT2D eigenvalue weighted by Gasteiger charge is 2.21. The third-order valence-electron chi connectivity index (χ3n) is 3.71. The van der Waals surface area contributed by atoms with Crippen molar-refractivity contribution in [1.82, 2.24) is 15.5 Å². The predicted molar refractivity (Wildman–Crippen MR) is 89.8 cm³/mol. The Morgan fingerprint density at radius 1 is 1.36 bits per heavy atom. The van der Waals surface area contributed by atoms with Gasteiger partial charge in [-0.25, -0.2) is 9.18 Å². The minimum absolute atomic E-state index is 0.0950. The van der Waals surface area contributed by atoms with Gasteiger partial charge in [-0.1, -0.05) is 0 Å². The minimum atomic E-state index is -0.374. The molecule has 1 heterocycles. The van der Waals surface area contributed by atoms with Crippen LogP contribution in [0.5, 0.6) is 5.75 Å². The number of fused-ring (bicyclic) bond motifs is 1. The van der Waals surface area contributed by atoms with Crippen molar-refractivity contribution in [3.63, 3.8) is 0 Å². The van der Waals surface area contributed by atoms with Crippen molar-refractivity contribution in [2.24, 2.45) is 0 Å². The van der Waals surface area contributed by atoms with E-state index in [4.69, 9.17) is 9.47 Å². The van der Waals surface area contributed by atoms with E-state index in [0.29, 0.717) is 44.2 Å². The summed E-state index contributed by atoms with van der Waals surface area (Å²) in [5, 5.41) is 5.42. The van der Waals surface area contributed by atoms with Gasteiger partial charge in [0.05, 0.1) is 0 Å². The van der Waals surface area contributed by atoms with Crippen molar-refractivity contribution >= 4 is 11.9 Å². The summed E-state index contributed by atoms with van der Waals surface area (Å²) in [6.45, 7) is 4.49. The number of halogens is 1. The Labute approximate surface area is 146 Å². The molecule has 0 aliphatic carbocycles. The quantitative estimate of drug-likeness (QED) is 0.690. The van der Waals surface area contributed by atoms with E-state index in [1.54, 1.807) is 4.90 Å². The Morgan fingerprint density at radius 3 is 2.96 bits per heavy atom. The lowest BCUT2D eigenvalue weighted by molar-refractivity contribution is -0.133. The molecule has 1 aromatic carbocycles. The average Bonchev–Trinajstić information content (AvgIpc) is 2.74. The molecule has 1 aromatic rings. The average molecular weight is 353 g/mol. The summed E-state index contributed by atoms with van der Waals surface area (Å²) in [6, 6.07) is 3.90. The molecule has 1 aliphatic rings. The van der Waals surface area contributed by atoms with Crippen LogP contribution in [0.1, 0.15) is 18.9 Å². The first kappa shape index (κ1) is 19.0. The lowest BCUT2D eigenvalue weighted by Crippen LogP contribution is -2.42. The molecule has 2 rings (SSSR count). The van der Waals surface area contributed by atoms with E-state index >= 15 is 0 Å². The highest BCUT2D eigenvalue weighted by Crippen LogP contribution is 2.24. The van der Waals surface area contributed by atoms with Gasteiger partial charge in [0, 0.05) is 45.0 Å². The van der Waals surface area contributed by atoms with Gasteiger partial charge < -0.3 is 25.0 Å². The Hall–Kier alpha value is -2.35. The van der Waals surface area contributed by atoms with Crippen LogP contribution in [0.4, 0.5) is 9.18 Å². The molecule has 0 saturated heterocycles. The van der Waals surface area contributed by atoms with Crippen molar-refractivity contribution in [2.75, 3.05) is 39.5 Å². The van der Waals surface area contributed by atoms with Gasteiger partial charge in [-0.15, -0.1) is 0 Å². The summed E-state index contributed by atoms with van der Waals surface area (Å²) >= 11 is 0. The standard InChI is InChI=1S/C17H24FN3O4/c1-2-24-9-3-6-19-17(23)20-7-8-21-11-13-10-14(18)4-5-15(13)25-12-16(21)22/h4-5,10H,2-3,6-9,11-12H2,1H3,(H2,19,20,23). The molecule has 1 aliphatic heterocycles. The molecule has 0 atom stereocenters. The zero-order valence-corrected chi connectivity index (χ0v) is 14.3. The lowest BCUT2D eigenvalue weighted by atomic mass is 10.2. The Bertz CT molecular complexity index is 597. The van der Waals surface area contributed by atoms with Gasteiger partial charge in [0.25, 0.3) is 5.91 Å².